The van der Waals surface area contributed by atoms with Gasteiger partial charge in [0.2, 0.25) is 0 Å². The van der Waals surface area contributed by atoms with Crippen LogP contribution in [0, 0.1) is 0 Å². The fourth-order valence-corrected chi connectivity index (χ4v) is 6.14. The molecule has 0 amide bonds. The molecule has 0 atom stereocenters. The summed E-state index contributed by atoms with van der Waals surface area (Å²) in [6.07, 6.45) is 33.3. The van der Waals surface area contributed by atoms with E-state index in [0.717, 1.165) is 0 Å². The van der Waals surface area contributed by atoms with Crippen LogP contribution >= 0.6 is 0 Å². The van der Waals surface area contributed by atoms with Gasteiger partial charge in [-0.1, -0.05) is 167 Å². The quantitative estimate of drug-likeness (QED) is 0.0465. The Morgan fingerprint density at radius 2 is 0.860 bits per heavy atom. The maximum absolute atomic E-state index is 8.52. The number of fused-ring (bicyclic) bond motifs is 1. The van der Waals surface area contributed by atoms with E-state index in [9.17, 15) is 0 Å². The summed E-state index contributed by atoms with van der Waals surface area (Å²) in [7, 11) is -5.17. The molecule has 2 aromatic rings. The van der Waals surface area contributed by atoms with Crippen molar-refractivity contribution < 1.29 is 17.5 Å². The van der Waals surface area contributed by atoms with Gasteiger partial charge in [0.25, 0.3) is 0 Å². The summed E-state index contributed by atoms with van der Waals surface area (Å²) in [5, 5.41) is 3.04. The van der Waals surface area contributed by atoms with Gasteiger partial charge >= 0.3 is 48.9 Å². The molecule has 0 aromatic heterocycles. The van der Waals surface area contributed by atoms with Crippen LogP contribution in [0.15, 0.2) is 30.3 Å². The Kier molecular flexibility index (Phi) is 28.5. The third-order valence-corrected chi connectivity index (χ3v) is 8.48. The van der Waals surface area contributed by atoms with E-state index in [0.29, 0.717) is 0 Å². The van der Waals surface area contributed by atoms with E-state index >= 15 is 0 Å². The van der Waals surface area contributed by atoms with Crippen molar-refractivity contribution in [1.29, 1.82) is 0 Å². The van der Waals surface area contributed by atoms with Crippen LogP contribution in [0.2, 0.25) is 0 Å². The normalized spacial score (nSPS) is 11.3. The molecule has 0 N–H and O–H groups in total. The first-order valence-corrected chi connectivity index (χ1v) is 18.8. The fourth-order valence-electron chi connectivity index (χ4n) is 6.14. The Labute approximate surface area is 306 Å². The van der Waals surface area contributed by atoms with Crippen LogP contribution in [0.5, 0.6) is 0 Å². The molecule has 0 aliphatic carbocycles. The van der Waals surface area contributed by atoms with E-state index in [1.165, 1.54) is 159 Å². The van der Waals surface area contributed by atoms with Gasteiger partial charge in [-0.3, -0.25) is 8.42 Å². The van der Waals surface area contributed by atoms with E-state index in [2.05, 4.69) is 51.1 Å². The predicted molar refractivity (Wildman–Crippen MR) is 185 cm³/mol. The van der Waals surface area contributed by atoms with Crippen molar-refractivity contribution in [2.75, 3.05) is 0 Å². The van der Waals surface area contributed by atoms with Gasteiger partial charge in [0, 0.05) is 10.4 Å². The van der Waals surface area contributed by atoms with Crippen molar-refractivity contribution in [2.45, 2.75) is 175 Å². The predicted octanol–water partition coefficient (Wildman–Crippen LogP) is 11.0. The molecule has 242 valence electrons. The molecule has 0 aliphatic rings. The largest absolute Gasteiger partial charge is 2.00 e. The molecule has 0 spiro atoms. The van der Waals surface area contributed by atoms with Gasteiger partial charge in [0.05, 0.1) is 0 Å². The molecule has 0 fully saturated rings. The number of hydrogen-bond acceptors (Lipinski definition) is 4. The number of hydrogen-bond donors (Lipinski definition) is 0. The average Bonchev–Trinajstić information content (AvgIpc) is 2.95. The third-order valence-electron chi connectivity index (χ3n) is 8.48. The molecule has 0 aliphatic heterocycles. The Hall–Kier alpha value is 0.141. The first-order chi connectivity index (χ1) is 20.3. The summed E-state index contributed by atoms with van der Waals surface area (Å²) in [5.41, 5.74) is 5.16. The summed E-state index contributed by atoms with van der Waals surface area (Å²) in [6.45, 7) is 6.95. The minimum Gasteiger partial charge on any atom is -0.759 e. The Morgan fingerprint density at radius 3 is 1.30 bits per heavy atom. The Morgan fingerprint density at radius 1 is 0.512 bits per heavy atom. The first-order valence-electron chi connectivity index (χ1n) is 17.5. The van der Waals surface area contributed by atoms with Crippen LogP contribution < -0.4 is 0 Å². The molecule has 0 heterocycles. The molecule has 0 unspecified atom stereocenters. The first kappa shape index (κ1) is 43.1. The van der Waals surface area contributed by atoms with Crippen LogP contribution in [0.25, 0.3) is 10.8 Å². The second kappa shape index (κ2) is 28.4. The molecule has 2 rings (SSSR count). The van der Waals surface area contributed by atoms with Crippen molar-refractivity contribution in [2.24, 2.45) is 0 Å². The zero-order valence-electron chi connectivity index (χ0n) is 28.1. The molecule has 6 heteroatoms. The van der Waals surface area contributed by atoms with Gasteiger partial charge in [-0.2, -0.15) is 0 Å². The second-order valence-electron chi connectivity index (χ2n) is 12.2. The van der Waals surface area contributed by atoms with Gasteiger partial charge in [0.1, 0.15) is 0 Å². The maximum atomic E-state index is 8.52. The number of benzene rings is 2. The summed E-state index contributed by atoms with van der Waals surface area (Å²) < 4.78 is 34.1. The maximum Gasteiger partial charge on any atom is 2.00 e. The minimum absolute atomic E-state index is 0. The van der Waals surface area contributed by atoms with E-state index in [1.54, 1.807) is 22.1 Å². The topological polar surface area (TPSA) is 80.3 Å². The van der Waals surface area contributed by atoms with Crippen LogP contribution in [0.3, 0.4) is 0 Å². The van der Waals surface area contributed by atoms with Gasteiger partial charge in [-0.25, -0.2) is 0 Å². The van der Waals surface area contributed by atoms with Gasteiger partial charge < -0.3 is 9.11 Å². The van der Waals surface area contributed by atoms with Crippen molar-refractivity contribution in [3.63, 3.8) is 0 Å². The standard InChI is InChI=1S/C37H62.Ba.H2O4S/c1-4-7-10-13-16-19-22-27-33-32-34-28-25-26-30-36(34)37(31-24-21-18-15-12-9-6-3)35(33)29-23-20-17-14-11-8-5-2;;1-5(2,3)4/h25-26,28,30,32H,4-24,27,29,31H2,1-3H3;;(H2,1,2,3,4)/q;+2;/p-2. The number of rotatable bonds is 24. The SMILES string of the molecule is CCCCCCCCCc1cc2ccccc2c(CCCCCCCCC)c1CCCCCCCCC.O=S(=O)([O-])[O-].[Ba+2]. The summed E-state index contributed by atoms with van der Waals surface area (Å²) in [5.74, 6) is 0. The van der Waals surface area contributed by atoms with E-state index in [-0.39, 0.29) is 48.9 Å². The molecular weight excluding hydrogens is 678 g/mol. The van der Waals surface area contributed by atoms with E-state index in [1.807, 2.05) is 0 Å². The zero-order valence-corrected chi connectivity index (χ0v) is 33.4. The Balaban J connectivity index is 0.00000270. The van der Waals surface area contributed by atoms with Crippen molar-refractivity contribution >= 4 is 70.1 Å². The molecule has 43 heavy (non-hydrogen) atoms. The monoisotopic (exact) mass is 740 g/mol. The Bertz CT molecular complexity index is 1030. The summed E-state index contributed by atoms with van der Waals surface area (Å²) in [4.78, 5) is 0. The van der Waals surface area contributed by atoms with Crippen LogP contribution in [0.4, 0.5) is 0 Å². The van der Waals surface area contributed by atoms with Crippen molar-refractivity contribution in [3.8, 4) is 0 Å². The molecular formula is C37H62BaO4S. The molecule has 0 saturated carbocycles. The second-order valence-corrected chi connectivity index (χ2v) is 13.1. The zero-order chi connectivity index (χ0) is 30.9. The molecule has 4 nitrogen and oxygen atoms in total. The van der Waals surface area contributed by atoms with Gasteiger partial charge in [0.15, 0.2) is 0 Å². The van der Waals surface area contributed by atoms with Gasteiger partial charge in [-0.15, -0.1) is 0 Å². The summed E-state index contributed by atoms with van der Waals surface area (Å²) in [6, 6.07) is 11.9. The van der Waals surface area contributed by atoms with Crippen LogP contribution in [0.1, 0.15) is 172 Å². The minimum atomic E-state index is -5.17. The molecule has 0 radical (unpaired) electrons. The molecule has 0 bridgehead atoms. The van der Waals surface area contributed by atoms with Crippen molar-refractivity contribution in [3.05, 3.63) is 47.0 Å². The van der Waals surface area contributed by atoms with E-state index < -0.39 is 10.4 Å². The molecule has 2 aromatic carbocycles. The summed E-state index contributed by atoms with van der Waals surface area (Å²) >= 11 is 0. The van der Waals surface area contributed by atoms with Crippen LogP contribution in [-0.4, -0.2) is 66.4 Å². The van der Waals surface area contributed by atoms with Crippen LogP contribution in [-0.2, 0) is 29.7 Å². The van der Waals surface area contributed by atoms with Gasteiger partial charge in [-0.05, 0) is 66.0 Å². The van der Waals surface area contributed by atoms with E-state index in [4.69, 9.17) is 17.5 Å². The average molecular weight is 740 g/mol. The molecule has 0 saturated heterocycles. The number of aryl methyl sites for hydroxylation is 2. The smallest absolute Gasteiger partial charge is 0.759 e. The fraction of sp³-hybridized carbons (Fsp3) is 0.730. The third kappa shape index (κ3) is 23.2. The number of unbranched alkanes of at least 4 members (excludes halogenated alkanes) is 18. The van der Waals surface area contributed by atoms with Crippen molar-refractivity contribution in [1.82, 2.24) is 0 Å².